The summed E-state index contributed by atoms with van der Waals surface area (Å²) in [5.74, 6) is 0. The van der Waals surface area contributed by atoms with Gasteiger partial charge in [-0.25, -0.2) is 0 Å². The normalized spacial score (nSPS) is 24.1. The van der Waals surface area contributed by atoms with Gasteiger partial charge in [-0.05, 0) is 26.7 Å². The van der Waals surface area contributed by atoms with Crippen molar-refractivity contribution in [3.63, 3.8) is 0 Å². The van der Waals surface area contributed by atoms with Crippen molar-refractivity contribution in [1.29, 1.82) is 0 Å². The van der Waals surface area contributed by atoms with Crippen LogP contribution in [0.5, 0.6) is 0 Å². The summed E-state index contributed by atoms with van der Waals surface area (Å²) in [6.07, 6.45) is 3.06. The molecule has 0 bridgehead atoms. The van der Waals surface area contributed by atoms with Crippen LogP contribution in [0.4, 0.5) is 0 Å². The molecule has 2 rings (SSSR count). The second kappa shape index (κ2) is 6.45. The highest BCUT2D eigenvalue weighted by molar-refractivity contribution is 7.86. The first-order chi connectivity index (χ1) is 9.76. The minimum atomic E-state index is -3.30. The van der Waals surface area contributed by atoms with Crippen molar-refractivity contribution in [3.05, 3.63) is 0 Å². The van der Waals surface area contributed by atoms with E-state index in [9.17, 15) is 8.42 Å². The molecule has 2 heterocycles. The molecule has 21 heavy (non-hydrogen) atoms. The largest absolute Gasteiger partial charge is 0.392 e. The van der Waals surface area contributed by atoms with Crippen LogP contribution in [-0.4, -0.2) is 71.7 Å². The van der Waals surface area contributed by atoms with E-state index in [2.05, 4.69) is 4.90 Å². The Balaban J connectivity index is 1.98. The first-order valence-corrected chi connectivity index (χ1v) is 9.37. The van der Waals surface area contributed by atoms with E-state index in [0.717, 1.165) is 19.3 Å². The maximum atomic E-state index is 12.6. The minimum Gasteiger partial charge on any atom is -0.392 e. The topological polar surface area (TPSA) is 69.9 Å². The van der Waals surface area contributed by atoms with Gasteiger partial charge in [0.25, 0.3) is 10.2 Å². The van der Waals surface area contributed by atoms with Crippen LogP contribution in [0.1, 0.15) is 33.1 Å². The SMILES string of the molecule is CC(C)(C(N)=S)N1CCN(S(=O)(=O)N2CCCCC2)CC1. The third-order valence-corrected chi connectivity index (χ3v) is 7.13. The lowest BCUT2D eigenvalue weighted by Crippen LogP contribution is -2.61. The van der Waals surface area contributed by atoms with Gasteiger partial charge in [-0.1, -0.05) is 18.6 Å². The molecular weight excluding hydrogens is 308 g/mol. The summed E-state index contributed by atoms with van der Waals surface area (Å²) in [7, 11) is -3.30. The van der Waals surface area contributed by atoms with Gasteiger partial charge in [0.2, 0.25) is 0 Å². The molecule has 122 valence electrons. The Labute approximate surface area is 133 Å². The summed E-state index contributed by atoms with van der Waals surface area (Å²) >= 11 is 5.11. The summed E-state index contributed by atoms with van der Waals surface area (Å²) in [5, 5.41) is 0. The van der Waals surface area contributed by atoms with E-state index >= 15 is 0 Å². The predicted octanol–water partition coefficient (Wildman–Crippen LogP) is 0.399. The van der Waals surface area contributed by atoms with Gasteiger partial charge in [0.05, 0.1) is 10.5 Å². The lowest BCUT2D eigenvalue weighted by Gasteiger charge is -2.44. The highest BCUT2D eigenvalue weighted by Crippen LogP contribution is 2.21. The van der Waals surface area contributed by atoms with Crippen molar-refractivity contribution in [2.24, 2.45) is 5.73 Å². The van der Waals surface area contributed by atoms with Crippen LogP contribution in [0.25, 0.3) is 0 Å². The molecule has 0 atom stereocenters. The van der Waals surface area contributed by atoms with Gasteiger partial charge >= 0.3 is 0 Å². The van der Waals surface area contributed by atoms with Gasteiger partial charge in [0, 0.05) is 39.3 Å². The standard InChI is InChI=1S/C13H26N4O2S2/c1-13(2,12(14)20)15-8-10-17(11-9-15)21(18,19)16-6-4-3-5-7-16/h3-11H2,1-2H3,(H2,14,20). The molecule has 2 N–H and O–H groups in total. The van der Waals surface area contributed by atoms with Crippen molar-refractivity contribution in [2.75, 3.05) is 39.3 Å². The molecule has 2 aliphatic heterocycles. The number of nitrogens with zero attached hydrogens (tertiary/aromatic N) is 3. The molecule has 2 fully saturated rings. The third kappa shape index (κ3) is 3.56. The van der Waals surface area contributed by atoms with Crippen LogP contribution in [0.15, 0.2) is 0 Å². The molecule has 0 aromatic heterocycles. The summed E-state index contributed by atoms with van der Waals surface area (Å²) < 4.78 is 28.5. The number of hydrogen-bond donors (Lipinski definition) is 1. The summed E-state index contributed by atoms with van der Waals surface area (Å²) in [5.41, 5.74) is 5.42. The Hall–Kier alpha value is -0.280. The number of thiocarbonyl (C=S) groups is 1. The number of hydrogen-bond acceptors (Lipinski definition) is 4. The molecule has 0 radical (unpaired) electrons. The zero-order valence-corrected chi connectivity index (χ0v) is 14.5. The number of rotatable bonds is 4. The zero-order chi connectivity index (χ0) is 15.7. The molecular formula is C13H26N4O2S2. The average molecular weight is 335 g/mol. The molecule has 0 spiro atoms. The Morgan fingerprint density at radius 3 is 1.90 bits per heavy atom. The highest BCUT2D eigenvalue weighted by Gasteiger charge is 2.37. The maximum Gasteiger partial charge on any atom is 0.282 e. The van der Waals surface area contributed by atoms with E-state index in [4.69, 9.17) is 18.0 Å². The van der Waals surface area contributed by atoms with Gasteiger partial charge in [-0.2, -0.15) is 17.0 Å². The molecule has 2 aliphatic rings. The molecule has 0 aromatic rings. The quantitative estimate of drug-likeness (QED) is 0.754. The lowest BCUT2D eigenvalue weighted by molar-refractivity contribution is 0.119. The fourth-order valence-electron chi connectivity index (χ4n) is 2.89. The van der Waals surface area contributed by atoms with E-state index in [0.29, 0.717) is 44.3 Å². The lowest BCUT2D eigenvalue weighted by atomic mass is 10.0. The summed E-state index contributed by atoms with van der Waals surface area (Å²) in [6, 6.07) is 0. The first-order valence-electron chi connectivity index (χ1n) is 7.56. The second-order valence-corrected chi connectivity index (χ2v) is 8.65. The van der Waals surface area contributed by atoms with Crippen LogP contribution >= 0.6 is 12.2 Å². The van der Waals surface area contributed by atoms with E-state index < -0.39 is 10.2 Å². The van der Waals surface area contributed by atoms with Gasteiger partial charge in [-0.3, -0.25) is 4.90 Å². The molecule has 0 amide bonds. The molecule has 0 aliphatic carbocycles. The van der Waals surface area contributed by atoms with Crippen molar-refractivity contribution in [3.8, 4) is 0 Å². The average Bonchev–Trinajstić information content (AvgIpc) is 2.48. The van der Waals surface area contributed by atoms with Crippen molar-refractivity contribution in [2.45, 2.75) is 38.6 Å². The predicted molar refractivity (Wildman–Crippen MR) is 88.4 cm³/mol. The van der Waals surface area contributed by atoms with Crippen LogP contribution in [0.3, 0.4) is 0 Å². The Kier molecular flexibility index (Phi) is 5.25. The number of nitrogens with two attached hydrogens (primary N) is 1. The fraction of sp³-hybridized carbons (Fsp3) is 0.923. The minimum absolute atomic E-state index is 0.365. The van der Waals surface area contributed by atoms with Crippen LogP contribution in [0, 0.1) is 0 Å². The van der Waals surface area contributed by atoms with Crippen molar-refractivity contribution >= 4 is 27.4 Å². The Morgan fingerprint density at radius 2 is 1.43 bits per heavy atom. The van der Waals surface area contributed by atoms with Gasteiger partial charge in [0.1, 0.15) is 0 Å². The van der Waals surface area contributed by atoms with E-state index in [1.165, 1.54) is 0 Å². The van der Waals surface area contributed by atoms with Crippen LogP contribution in [-0.2, 0) is 10.2 Å². The summed E-state index contributed by atoms with van der Waals surface area (Å²) in [6.45, 7) is 7.63. The molecule has 2 saturated heterocycles. The van der Waals surface area contributed by atoms with Crippen molar-refractivity contribution < 1.29 is 8.42 Å². The smallest absolute Gasteiger partial charge is 0.282 e. The second-order valence-electron chi connectivity index (χ2n) is 6.28. The van der Waals surface area contributed by atoms with Gasteiger partial charge in [0.15, 0.2) is 0 Å². The zero-order valence-electron chi connectivity index (χ0n) is 12.9. The molecule has 6 nitrogen and oxygen atoms in total. The monoisotopic (exact) mass is 334 g/mol. The molecule has 0 saturated carbocycles. The molecule has 8 heteroatoms. The van der Waals surface area contributed by atoms with Crippen LogP contribution < -0.4 is 5.73 Å². The Morgan fingerprint density at radius 1 is 0.952 bits per heavy atom. The van der Waals surface area contributed by atoms with Gasteiger partial charge < -0.3 is 5.73 Å². The van der Waals surface area contributed by atoms with E-state index in [1.54, 1.807) is 8.61 Å². The molecule has 0 aromatic carbocycles. The van der Waals surface area contributed by atoms with E-state index in [1.807, 2.05) is 13.8 Å². The number of piperazine rings is 1. The maximum absolute atomic E-state index is 12.6. The fourth-order valence-corrected chi connectivity index (χ4v) is 4.69. The third-order valence-electron chi connectivity index (χ3n) is 4.60. The summed E-state index contributed by atoms with van der Waals surface area (Å²) in [4.78, 5) is 2.62. The Bertz CT molecular complexity index is 478. The number of piperidine rings is 1. The van der Waals surface area contributed by atoms with Gasteiger partial charge in [-0.15, -0.1) is 0 Å². The van der Waals surface area contributed by atoms with Crippen molar-refractivity contribution in [1.82, 2.24) is 13.5 Å². The molecule has 0 unspecified atom stereocenters. The highest BCUT2D eigenvalue weighted by atomic mass is 32.2. The first kappa shape index (κ1) is 17.1. The van der Waals surface area contributed by atoms with E-state index in [-0.39, 0.29) is 5.54 Å². The van der Waals surface area contributed by atoms with Crippen LogP contribution in [0.2, 0.25) is 0 Å².